The van der Waals surface area contributed by atoms with E-state index in [1.54, 1.807) is 48.5 Å². The lowest BCUT2D eigenvalue weighted by Gasteiger charge is -2.27. The number of hydrogen-bond donors (Lipinski definition) is 2. The van der Waals surface area contributed by atoms with Crippen molar-refractivity contribution in [2.75, 3.05) is 18.1 Å². The molecule has 7 heteroatoms. The van der Waals surface area contributed by atoms with Gasteiger partial charge < -0.3 is 25.7 Å². The van der Waals surface area contributed by atoms with Crippen LogP contribution in [0.5, 0.6) is 5.75 Å². The minimum atomic E-state index is -0.481. The molecule has 1 fully saturated rings. The first kappa shape index (κ1) is 25.3. The third-order valence-electron chi connectivity index (χ3n) is 5.79. The highest BCUT2D eigenvalue weighted by molar-refractivity contribution is 5.87. The van der Waals surface area contributed by atoms with Gasteiger partial charge in [0.1, 0.15) is 12.4 Å². The summed E-state index contributed by atoms with van der Waals surface area (Å²) in [6.45, 7) is 3.03. The highest BCUT2D eigenvalue weighted by Gasteiger charge is 2.28. The van der Waals surface area contributed by atoms with E-state index in [0.717, 1.165) is 56.3 Å². The summed E-state index contributed by atoms with van der Waals surface area (Å²) in [7, 11) is 0. The predicted octanol–water partition coefficient (Wildman–Crippen LogP) is 4.89. The van der Waals surface area contributed by atoms with E-state index < -0.39 is 5.97 Å². The van der Waals surface area contributed by atoms with Crippen molar-refractivity contribution in [1.82, 2.24) is 0 Å². The van der Waals surface area contributed by atoms with Crippen LogP contribution in [0.15, 0.2) is 48.5 Å². The van der Waals surface area contributed by atoms with Gasteiger partial charge in [0.15, 0.2) is 0 Å². The van der Waals surface area contributed by atoms with Gasteiger partial charge in [0.05, 0.1) is 12.0 Å². The van der Waals surface area contributed by atoms with Crippen LogP contribution in [0.2, 0.25) is 0 Å². The Balaban J connectivity index is 1.41. The molecule has 2 aromatic carbocycles. The first-order valence-electron chi connectivity index (χ1n) is 11.9. The molecular weight excluding hydrogens is 432 g/mol. The minimum Gasteiger partial charge on any atom is -0.458 e. The summed E-state index contributed by atoms with van der Waals surface area (Å²) in [5, 5.41) is 0. The molecule has 0 bridgehead atoms. The number of hydrogen-bond acceptors (Lipinski definition) is 7. The molecule has 0 heterocycles. The van der Waals surface area contributed by atoms with Crippen molar-refractivity contribution in [3.05, 3.63) is 59.7 Å². The van der Waals surface area contributed by atoms with Gasteiger partial charge in [-0.05, 0) is 79.6 Å². The Morgan fingerprint density at radius 1 is 1.00 bits per heavy atom. The number of ether oxygens (including phenoxy) is 3. The molecule has 0 aromatic heterocycles. The topological polar surface area (TPSA) is 114 Å². The van der Waals surface area contributed by atoms with Gasteiger partial charge in [-0.2, -0.15) is 0 Å². The van der Waals surface area contributed by atoms with Gasteiger partial charge in [-0.15, -0.1) is 0 Å². The van der Waals surface area contributed by atoms with E-state index >= 15 is 0 Å². The maximum absolute atomic E-state index is 12.5. The Bertz CT molecular complexity index is 959. The average Bonchev–Trinajstić information content (AvgIpc) is 2.82. The number of carbonyl (C=O) groups is 2. The van der Waals surface area contributed by atoms with Crippen LogP contribution in [0.1, 0.15) is 56.6 Å². The first-order valence-corrected chi connectivity index (χ1v) is 11.9. The van der Waals surface area contributed by atoms with Crippen molar-refractivity contribution in [1.29, 1.82) is 0 Å². The fourth-order valence-electron chi connectivity index (χ4n) is 3.90. The van der Waals surface area contributed by atoms with E-state index in [9.17, 15) is 9.59 Å². The number of unbranched alkanes of at least 4 members (excludes halogenated alkanes) is 1. The second-order valence-corrected chi connectivity index (χ2v) is 8.64. The number of benzene rings is 2. The standard InChI is InChI=1S/C27H34N2O5/c1-2-3-14-32-24-11-7-21(8-12-24)27(31)34-25-9-4-19(5-10-25)6-13-26(30)33-18-20-15-22(28)17-23(29)16-20/h4-6,9-10,13,15-17,21,24H,2-3,7-8,11-12,14,18,28-29H2,1H3. The summed E-state index contributed by atoms with van der Waals surface area (Å²) in [6.07, 6.45) is 8.83. The third kappa shape index (κ3) is 8.23. The van der Waals surface area contributed by atoms with E-state index in [-0.39, 0.29) is 24.6 Å². The van der Waals surface area contributed by atoms with Gasteiger partial charge in [0.2, 0.25) is 0 Å². The molecule has 4 N–H and O–H groups in total. The maximum atomic E-state index is 12.5. The molecule has 0 atom stereocenters. The van der Waals surface area contributed by atoms with Crippen LogP contribution in [0, 0.1) is 5.92 Å². The Morgan fingerprint density at radius 3 is 2.32 bits per heavy atom. The SMILES string of the molecule is CCCCOC1CCC(C(=O)Oc2ccc(C=CC(=O)OCc3cc(N)cc(N)c3)cc2)CC1. The zero-order valence-electron chi connectivity index (χ0n) is 19.7. The zero-order valence-corrected chi connectivity index (χ0v) is 19.7. The molecule has 182 valence electrons. The fraction of sp³-hybridized carbons (Fsp3) is 0.407. The van der Waals surface area contributed by atoms with Gasteiger partial charge in [0, 0.05) is 24.1 Å². The van der Waals surface area contributed by atoms with Crippen molar-refractivity contribution in [3.63, 3.8) is 0 Å². The van der Waals surface area contributed by atoms with Crippen molar-refractivity contribution in [2.45, 2.75) is 58.2 Å². The van der Waals surface area contributed by atoms with Crippen LogP contribution in [0.3, 0.4) is 0 Å². The summed E-state index contributed by atoms with van der Waals surface area (Å²) in [5.74, 6) is -0.271. The van der Waals surface area contributed by atoms with Gasteiger partial charge in [-0.3, -0.25) is 4.79 Å². The normalized spacial score (nSPS) is 18.0. The lowest BCUT2D eigenvalue weighted by molar-refractivity contribution is -0.141. The van der Waals surface area contributed by atoms with Gasteiger partial charge in [-0.1, -0.05) is 25.5 Å². The average molecular weight is 467 g/mol. The maximum Gasteiger partial charge on any atom is 0.331 e. The van der Waals surface area contributed by atoms with Crippen LogP contribution in [0.4, 0.5) is 11.4 Å². The van der Waals surface area contributed by atoms with E-state index in [1.165, 1.54) is 6.08 Å². The van der Waals surface area contributed by atoms with Gasteiger partial charge >= 0.3 is 11.9 Å². The molecule has 7 nitrogen and oxygen atoms in total. The molecule has 34 heavy (non-hydrogen) atoms. The van der Waals surface area contributed by atoms with Crippen molar-refractivity contribution in [2.24, 2.45) is 5.92 Å². The Morgan fingerprint density at radius 2 is 1.68 bits per heavy atom. The number of esters is 2. The van der Waals surface area contributed by atoms with Gasteiger partial charge in [-0.25, -0.2) is 4.79 Å². The summed E-state index contributed by atoms with van der Waals surface area (Å²) >= 11 is 0. The van der Waals surface area contributed by atoms with Crippen molar-refractivity contribution < 1.29 is 23.8 Å². The number of carbonyl (C=O) groups excluding carboxylic acids is 2. The summed E-state index contributed by atoms with van der Waals surface area (Å²) in [6, 6.07) is 12.1. The smallest absolute Gasteiger partial charge is 0.331 e. The highest BCUT2D eigenvalue weighted by atomic mass is 16.5. The molecule has 1 aliphatic carbocycles. The summed E-state index contributed by atoms with van der Waals surface area (Å²) < 4.78 is 16.7. The molecule has 0 aliphatic heterocycles. The van der Waals surface area contributed by atoms with E-state index in [2.05, 4.69) is 6.92 Å². The van der Waals surface area contributed by atoms with E-state index in [1.807, 2.05) is 0 Å². The molecule has 1 saturated carbocycles. The van der Waals surface area contributed by atoms with Crippen LogP contribution in [0.25, 0.3) is 6.08 Å². The fourth-order valence-corrected chi connectivity index (χ4v) is 3.90. The minimum absolute atomic E-state index is 0.0834. The predicted molar refractivity (Wildman–Crippen MR) is 133 cm³/mol. The van der Waals surface area contributed by atoms with Crippen molar-refractivity contribution >= 4 is 29.4 Å². The monoisotopic (exact) mass is 466 g/mol. The first-order chi connectivity index (χ1) is 16.4. The summed E-state index contributed by atoms with van der Waals surface area (Å²) in [5.41, 5.74) is 14.0. The molecule has 0 unspecified atom stereocenters. The Labute approximate surface area is 201 Å². The molecule has 0 saturated heterocycles. The lowest BCUT2D eigenvalue weighted by atomic mass is 9.87. The molecule has 0 spiro atoms. The Hall–Kier alpha value is -3.32. The third-order valence-corrected chi connectivity index (χ3v) is 5.79. The number of nitrogen functional groups attached to an aromatic ring is 2. The molecule has 0 amide bonds. The lowest BCUT2D eigenvalue weighted by Crippen LogP contribution is -2.29. The molecular formula is C27H34N2O5. The molecule has 1 aliphatic rings. The zero-order chi connectivity index (χ0) is 24.3. The van der Waals surface area contributed by atoms with Crippen molar-refractivity contribution in [3.8, 4) is 5.75 Å². The Kier molecular flexibility index (Phi) is 9.52. The quantitative estimate of drug-likeness (QED) is 0.168. The second-order valence-electron chi connectivity index (χ2n) is 8.64. The number of nitrogens with two attached hydrogens (primary N) is 2. The molecule has 3 rings (SSSR count). The molecule has 0 radical (unpaired) electrons. The largest absolute Gasteiger partial charge is 0.458 e. The highest BCUT2D eigenvalue weighted by Crippen LogP contribution is 2.28. The number of rotatable bonds is 10. The van der Waals surface area contributed by atoms with Gasteiger partial charge in [0.25, 0.3) is 0 Å². The summed E-state index contributed by atoms with van der Waals surface area (Å²) in [4.78, 5) is 24.5. The molecule has 2 aromatic rings. The van der Waals surface area contributed by atoms with Crippen LogP contribution in [-0.4, -0.2) is 24.6 Å². The van der Waals surface area contributed by atoms with E-state index in [0.29, 0.717) is 17.1 Å². The second kappa shape index (κ2) is 12.8. The van der Waals surface area contributed by atoms with Crippen LogP contribution in [-0.2, 0) is 25.7 Å². The number of anilines is 2. The van der Waals surface area contributed by atoms with Crippen LogP contribution < -0.4 is 16.2 Å². The van der Waals surface area contributed by atoms with Crippen LogP contribution >= 0.6 is 0 Å². The van der Waals surface area contributed by atoms with E-state index in [4.69, 9.17) is 25.7 Å².